The van der Waals surface area contributed by atoms with E-state index in [2.05, 4.69) is 4.74 Å². The largest absolute Gasteiger partial charge is 0.466 e. The first-order chi connectivity index (χ1) is 11.0. The zero-order chi connectivity index (χ0) is 18.4. The van der Waals surface area contributed by atoms with Crippen molar-refractivity contribution in [3.8, 4) is 0 Å². The molecule has 0 saturated heterocycles. The fraction of sp³-hybridized carbons (Fsp3) is 0.533. The highest BCUT2D eigenvalue weighted by Gasteiger charge is 2.24. The molecule has 0 aliphatic heterocycles. The summed E-state index contributed by atoms with van der Waals surface area (Å²) in [5, 5.41) is 10.4. The Morgan fingerprint density at radius 3 is 2.84 bits per heavy atom. The Balaban J connectivity index is 2.81. The van der Waals surface area contributed by atoms with Crippen molar-refractivity contribution < 1.29 is 26.2 Å². The molecule has 4 heteroatoms. The Morgan fingerprint density at radius 1 is 1.47 bits per heavy atom. The first kappa shape index (κ1) is 9.50. The zero-order valence-corrected chi connectivity index (χ0v) is 10.9. The van der Waals surface area contributed by atoms with Crippen molar-refractivity contribution in [1.82, 2.24) is 0 Å². The highest BCUT2D eigenvalue weighted by Crippen LogP contribution is 2.15. The van der Waals surface area contributed by atoms with Crippen LogP contribution >= 0.6 is 0 Å². The van der Waals surface area contributed by atoms with Gasteiger partial charge < -0.3 is 14.6 Å². The minimum atomic E-state index is -2.97. The number of hydrogen-bond acceptors (Lipinski definition) is 4. The molecule has 106 valence electrons. The number of carbonyl (C=O) groups is 1. The monoisotopic (exact) mass is 271 g/mol. The maximum atomic E-state index is 11.6. The van der Waals surface area contributed by atoms with E-state index in [-0.39, 0.29) is 13.2 Å². The van der Waals surface area contributed by atoms with Crippen molar-refractivity contribution in [3.63, 3.8) is 0 Å². The molecular weight excluding hydrogens is 244 g/mol. The van der Waals surface area contributed by atoms with Gasteiger partial charge in [-0.2, -0.15) is 0 Å². The van der Waals surface area contributed by atoms with Gasteiger partial charge >= 0.3 is 5.97 Å². The molecule has 1 N–H and O–H groups in total. The lowest BCUT2D eigenvalue weighted by Gasteiger charge is -2.21. The summed E-state index contributed by atoms with van der Waals surface area (Å²) < 4.78 is 47.8. The third kappa shape index (κ3) is 6.94. The fourth-order valence-corrected chi connectivity index (χ4v) is 1.39. The number of benzene rings is 1. The van der Waals surface area contributed by atoms with Gasteiger partial charge in [0.25, 0.3) is 0 Å². The molecule has 0 amide bonds. The van der Waals surface area contributed by atoms with Gasteiger partial charge in [0, 0.05) is 10.7 Å². The molecule has 0 radical (unpaired) electrons. The number of hydrogen-bond donors (Lipinski definition) is 1. The topological polar surface area (TPSA) is 55.8 Å². The number of ether oxygens (including phenoxy) is 2. The molecule has 1 aromatic carbocycles. The molecule has 0 bridgehead atoms. The van der Waals surface area contributed by atoms with Gasteiger partial charge in [-0.05, 0) is 25.8 Å². The predicted molar refractivity (Wildman–Crippen MR) is 72.6 cm³/mol. The highest BCUT2D eigenvalue weighted by molar-refractivity contribution is 5.70. The lowest BCUT2D eigenvalue weighted by Crippen LogP contribution is -2.30. The first-order valence-corrected chi connectivity index (χ1v) is 6.05. The minimum absolute atomic E-state index is 0.0350. The summed E-state index contributed by atoms with van der Waals surface area (Å²) in [6.07, 6.45) is -1.73. The SMILES string of the molecule is [2H]C([2H])(CC(O)(CC(=O)OCC)C([2H])([2H])[2H])OCc1ccccc1. The third-order valence-electron chi connectivity index (χ3n) is 2.29. The molecule has 4 nitrogen and oxygen atoms in total. The molecule has 19 heavy (non-hydrogen) atoms. The van der Waals surface area contributed by atoms with Crippen molar-refractivity contribution in [2.24, 2.45) is 0 Å². The molecule has 1 aromatic rings. The summed E-state index contributed by atoms with van der Waals surface area (Å²) in [5.74, 6) is -0.907. The van der Waals surface area contributed by atoms with Gasteiger partial charge in [0.1, 0.15) is 0 Å². The molecule has 0 aromatic heterocycles. The molecular formula is C15H22O4. The molecule has 0 fully saturated rings. The fourth-order valence-electron chi connectivity index (χ4n) is 1.39. The quantitative estimate of drug-likeness (QED) is 0.737. The Bertz CT molecular complexity index is 532. The number of carbonyl (C=O) groups excluding carboxylic acids is 1. The average Bonchev–Trinajstić information content (AvgIpc) is 2.44. The standard InChI is InChI=1S/C15H22O4/c1-3-19-14(16)11-15(2,17)9-10-18-12-13-7-5-4-6-8-13/h4-8,17H,3,9-12H2,1-2H3/i2D3,10D2. The second-order valence-corrected chi connectivity index (χ2v) is 4.11. The van der Waals surface area contributed by atoms with Gasteiger partial charge in [-0.3, -0.25) is 4.79 Å². The van der Waals surface area contributed by atoms with E-state index in [1.54, 1.807) is 37.3 Å². The van der Waals surface area contributed by atoms with Crippen LogP contribution in [0.1, 0.15) is 39.0 Å². The summed E-state index contributed by atoms with van der Waals surface area (Å²) in [5.41, 5.74) is -1.89. The second-order valence-electron chi connectivity index (χ2n) is 4.11. The van der Waals surface area contributed by atoms with Gasteiger partial charge in [0.2, 0.25) is 0 Å². The van der Waals surface area contributed by atoms with E-state index in [4.69, 9.17) is 11.6 Å². The van der Waals surface area contributed by atoms with Gasteiger partial charge in [0.05, 0.1) is 28.0 Å². The van der Waals surface area contributed by atoms with Crippen LogP contribution in [0.4, 0.5) is 0 Å². The van der Waals surface area contributed by atoms with E-state index in [1.807, 2.05) is 0 Å². The van der Waals surface area contributed by atoms with Crippen LogP contribution in [0.15, 0.2) is 30.3 Å². The Hall–Kier alpha value is -1.39. The van der Waals surface area contributed by atoms with Crippen LogP contribution in [0.5, 0.6) is 0 Å². The molecule has 1 rings (SSSR count). The second kappa shape index (κ2) is 7.92. The smallest absolute Gasteiger partial charge is 0.308 e. The van der Waals surface area contributed by atoms with Gasteiger partial charge in [-0.1, -0.05) is 30.3 Å². The van der Waals surface area contributed by atoms with Crippen LogP contribution in [0.25, 0.3) is 0 Å². The molecule has 0 spiro atoms. The Morgan fingerprint density at radius 2 is 2.21 bits per heavy atom. The van der Waals surface area contributed by atoms with Gasteiger partial charge in [-0.25, -0.2) is 0 Å². The average molecular weight is 271 g/mol. The summed E-state index contributed by atoms with van der Waals surface area (Å²) >= 11 is 0. The van der Waals surface area contributed by atoms with Crippen LogP contribution in [-0.4, -0.2) is 29.8 Å². The first-order valence-electron chi connectivity index (χ1n) is 8.55. The third-order valence-corrected chi connectivity index (χ3v) is 2.29. The van der Waals surface area contributed by atoms with Crippen LogP contribution < -0.4 is 0 Å². The maximum absolute atomic E-state index is 11.6. The van der Waals surface area contributed by atoms with Crippen molar-refractivity contribution in [3.05, 3.63) is 35.9 Å². The lowest BCUT2D eigenvalue weighted by atomic mass is 9.99. The summed E-state index contributed by atoms with van der Waals surface area (Å²) in [6.45, 7) is -3.92. The van der Waals surface area contributed by atoms with E-state index in [1.165, 1.54) is 0 Å². The van der Waals surface area contributed by atoms with Crippen molar-refractivity contribution in [1.29, 1.82) is 0 Å². The zero-order valence-electron chi connectivity index (χ0n) is 15.9. The van der Waals surface area contributed by atoms with E-state index in [9.17, 15) is 9.90 Å². The van der Waals surface area contributed by atoms with E-state index >= 15 is 0 Å². The Labute approximate surface area is 121 Å². The molecule has 0 heterocycles. The summed E-state index contributed by atoms with van der Waals surface area (Å²) in [6, 6.07) is 8.77. The van der Waals surface area contributed by atoms with Crippen LogP contribution in [0, 0.1) is 0 Å². The minimum Gasteiger partial charge on any atom is -0.466 e. The molecule has 0 aliphatic rings. The highest BCUT2D eigenvalue weighted by atomic mass is 16.5. The lowest BCUT2D eigenvalue weighted by molar-refractivity contribution is -0.148. The summed E-state index contributed by atoms with van der Waals surface area (Å²) in [7, 11) is 0. The van der Waals surface area contributed by atoms with E-state index < -0.39 is 37.8 Å². The van der Waals surface area contributed by atoms with Crippen molar-refractivity contribution in [2.75, 3.05) is 13.2 Å². The normalized spacial score (nSPS) is 19.2. The Kier molecular flexibility index (Phi) is 3.96. The van der Waals surface area contributed by atoms with Crippen LogP contribution in [-0.2, 0) is 20.9 Å². The van der Waals surface area contributed by atoms with Crippen LogP contribution in [0.3, 0.4) is 0 Å². The molecule has 1 atom stereocenters. The number of aliphatic hydroxyl groups is 1. The molecule has 0 saturated carbocycles. The number of esters is 1. The number of rotatable bonds is 8. The van der Waals surface area contributed by atoms with Gasteiger partial charge in [-0.15, -0.1) is 0 Å². The van der Waals surface area contributed by atoms with Crippen molar-refractivity contribution >= 4 is 5.97 Å². The summed E-state index contributed by atoms with van der Waals surface area (Å²) in [4.78, 5) is 11.6. The molecule has 0 aliphatic carbocycles. The van der Waals surface area contributed by atoms with Gasteiger partial charge in [0.15, 0.2) is 0 Å². The maximum Gasteiger partial charge on any atom is 0.308 e. The predicted octanol–water partition coefficient (Wildman–Crippen LogP) is 2.30. The molecule has 1 unspecified atom stereocenters. The van der Waals surface area contributed by atoms with Crippen LogP contribution in [0.2, 0.25) is 0 Å². The van der Waals surface area contributed by atoms with E-state index in [0.29, 0.717) is 5.56 Å². The van der Waals surface area contributed by atoms with E-state index in [0.717, 1.165) is 0 Å². The van der Waals surface area contributed by atoms with Crippen molar-refractivity contribution in [2.45, 2.75) is 38.8 Å².